The summed E-state index contributed by atoms with van der Waals surface area (Å²) >= 11 is 5.19. The Bertz CT molecular complexity index is 264. The van der Waals surface area contributed by atoms with E-state index in [2.05, 4.69) is 12.2 Å². The fourth-order valence-corrected chi connectivity index (χ4v) is 2.56. The second-order valence-corrected chi connectivity index (χ2v) is 4.86. The first-order chi connectivity index (χ1) is 8.58. The SMILES string of the molecule is CCCCNC(=S)N1[C@H](CO)[C@@H](O)[C@H](O)[C@H]1CO. The van der Waals surface area contributed by atoms with Crippen molar-refractivity contribution in [3.05, 3.63) is 0 Å². The Kier molecular flexibility index (Phi) is 6.24. The van der Waals surface area contributed by atoms with Crippen molar-refractivity contribution in [3.8, 4) is 0 Å². The van der Waals surface area contributed by atoms with Crippen molar-refractivity contribution < 1.29 is 20.4 Å². The summed E-state index contributed by atoms with van der Waals surface area (Å²) in [6, 6.07) is -1.36. The number of aliphatic hydroxyl groups excluding tert-OH is 4. The van der Waals surface area contributed by atoms with Gasteiger partial charge < -0.3 is 30.6 Å². The van der Waals surface area contributed by atoms with Crippen LogP contribution in [-0.4, -0.2) is 74.5 Å². The topological polar surface area (TPSA) is 96.2 Å². The lowest BCUT2D eigenvalue weighted by Crippen LogP contribution is -2.51. The number of likely N-dealkylation sites (tertiary alicyclic amines) is 1. The van der Waals surface area contributed by atoms with Crippen LogP contribution >= 0.6 is 12.2 Å². The molecule has 0 amide bonds. The van der Waals surface area contributed by atoms with E-state index in [1.807, 2.05) is 0 Å². The van der Waals surface area contributed by atoms with Gasteiger partial charge in [0, 0.05) is 6.54 Å². The minimum Gasteiger partial charge on any atom is -0.394 e. The Morgan fingerprint density at radius 2 is 1.67 bits per heavy atom. The van der Waals surface area contributed by atoms with Gasteiger partial charge in [-0.25, -0.2) is 0 Å². The van der Waals surface area contributed by atoms with E-state index < -0.39 is 24.3 Å². The predicted molar refractivity (Wildman–Crippen MR) is 71.1 cm³/mol. The number of thiocarbonyl (C=S) groups is 1. The molecule has 0 saturated carbocycles. The van der Waals surface area contributed by atoms with Gasteiger partial charge in [0.05, 0.1) is 25.3 Å². The zero-order valence-electron chi connectivity index (χ0n) is 10.5. The Morgan fingerprint density at radius 1 is 1.17 bits per heavy atom. The summed E-state index contributed by atoms with van der Waals surface area (Å²) in [5.41, 5.74) is 0. The molecular formula is C11H22N2O4S. The van der Waals surface area contributed by atoms with Gasteiger partial charge in [-0.2, -0.15) is 0 Å². The molecule has 1 aliphatic heterocycles. The second-order valence-electron chi connectivity index (χ2n) is 4.47. The maximum atomic E-state index is 9.80. The molecule has 4 atom stereocenters. The molecule has 0 unspecified atom stereocenters. The van der Waals surface area contributed by atoms with Gasteiger partial charge in [-0.1, -0.05) is 13.3 Å². The van der Waals surface area contributed by atoms with E-state index in [0.29, 0.717) is 11.7 Å². The number of nitrogens with one attached hydrogen (secondary N) is 1. The van der Waals surface area contributed by atoms with Gasteiger partial charge in [-0.15, -0.1) is 0 Å². The molecule has 1 aliphatic rings. The lowest BCUT2D eigenvalue weighted by Gasteiger charge is -2.31. The zero-order valence-corrected chi connectivity index (χ0v) is 11.3. The summed E-state index contributed by atoms with van der Waals surface area (Å²) in [6.45, 7) is 2.09. The fourth-order valence-electron chi connectivity index (χ4n) is 2.19. The summed E-state index contributed by atoms with van der Waals surface area (Å²) in [5, 5.41) is 41.5. The number of hydrogen-bond donors (Lipinski definition) is 5. The molecule has 7 heteroatoms. The molecule has 6 nitrogen and oxygen atoms in total. The third-order valence-corrected chi connectivity index (χ3v) is 3.62. The minimum atomic E-state index is -1.11. The van der Waals surface area contributed by atoms with Crippen LogP contribution in [-0.2, 0) is 0 Å². The lowest BCUT2D eigenvalue weighted by molar-refractivity contribution is 0.0130. The highest BCUT2D eigenvalue weighted by atomic mass is 32.1. The maximum absolute atomic E-state index is 9.80. The maximum Gasteiger partial charge on any atom is 0.169 e. The van der Waals surface area contributed by atoms with Gasteiger partial charge in [0.1, 0.15) is 12.2 Å². The largest absolute Gasteiger partial charge is 0.394 e. The number of hydrogen-bond acceptors (Lipinski definition) is 5. The first-order valence-corrected chi connectivity index (χ1v) is 6.63. The van der Waals surface area contributed by atoms with Crippen molar-refractivity contribution in [1.29, 1.82) is 0 Å². The number of rotatable bonds is 5. The summed E-state index contributed by atoms with van der Waals surface area (Å²) in [4.78, 5) is 1.50. The van der Waals surface area contributed by atoms with Gasteiger partial charge in [0.25, 0.3) is 0 Å². The van der Waals surface area contributed by atoms with Crippen LogP contribution in [0, 0.1) is 0 Å². The predicted octanol–water partition coefficient (Wildman–Crippen LogP) is -1.58. The molecule has 1 saturated heterocycles. The van der Waals surface area contributed by atoms with E-state index in [1.165, 1.54) is 4.90 Å². The number of nitrogens with zero attached hydrogens (tertiary/aromatic N) is 1. The molecule has 5 N–H and O–H groups in total. The molecule has 0 aromatic carbocycles. The normalized spacial score (nSPS) is 31.7. The molecule has 0 aromatic rings. The molecule has 1 fully saturated rings. The molecule has 18 heavy (non-hydrogen) atoms. The summed E-state index contributed by atoms with van der Waals surface area (Å²) in [5.74, 6) is 0. The van der Waals surface area contributed by atoms with Gasteiger partial charge in [-0.3, -0.25) is 0 Å². The van der Waals surface area contributed by atoms with Gasteiger partial charge >= 0.3 is 0 Å². The van der Waals surface area contributed by atoms with E-state index in [-0.39, 0.29) is 13.2 Å². The average Bonchev–Trinajstić information content (AvgIpc) is 2.61. The third-order valence-electron chi connectivity index (χ3n) is 3.27. The van der Waals surface area contributed by atoms with Crippen molar-refractivity contribution in [2.24, 2.45) is 0 Å². The summed E-state index contributed by atoms with van der Waals surface area (Å²) in [6.07, 6.45) is -0.253. The Balaban J connectivity index is 2.72. The standard InChI is InChI=1S/C11H22N2O4S/c1-2-3-4-12-11(18)13-7(5-14)9(16)10(17)8(13)6-15/h7-10,14-17H,2-6H2,1H3,(H,12,18)/t7-,8-,9-,10-/m1/s1. The lowest BCUT2D eigenvalue weighted by atomic mass is 10.1. The summed E-state index contributed by atoms with van der Waals surface area (Å²) < 4.78 is 0. The molecular weight excluding hydrogens is 256 g/mol. The third kappa shape index (κ3) is 3.10. The highest BCUT2D eigenvalue weighted by Gasteiger charge is 2.47. The second kappa shape index (κ2) is 7.20. The molecule has 106 valence electrons. The molecule has 1 rings (SSSR count). The van der Waals surface area contributed by atoms with E-state index in [9.17, 15) is 20.4 Å². The first kappa shape index (κ1) is 15.6. The molecule has 0 radical (unpaired) electrons. The van der Waals surface area contributed by atoms with Crippen molar-refractivity contribution >= 4 is 17.3 Å². The highest BCUT2D eigenvalue weighted by Crippen LogP contribution is 2.25. The molecule has 0 bridgehead atoms. The quantitative estimate of drug-likeness (QED) is 0.306. The van der Waals surface area contributed by atoms with Crippen LogP contribution in [0.3, 0.4) is 0 Å². The van der Waals surface area contributed by atoms with Crippen molar-refractivity contribution in [2.45, 2.75) is 44.1 Å². The van der Waals surface area contributed by atoms with Gasteiger partial charge in [-0.05, 0) is 18.6 Å². The first-order valence-electron chi connectivity index (χ1n) is 6.22. The van der Waals surface area contributed by atoms with Crippen LogP contribution in [0.25, 0.3) is 0 Å². The smallest absolute Gasteiger partial charge is 0.169 e. The Morgan fingerprint density at radius 3 is 2.06 bits per heavy atom. The Labute approximate surface area is 112 Å². The minimum absolute atomic E-state index is 0.329. The number of unbranched alkanes of at least 4 members (excludes halogenated alkanes) is 1. The van der Waals surface area contributed by atoms with E-state index in [0.717, 1.165) is 12.8 Å². The molecule has 0 aromatic heterocycles. The molecule has 1 heterocycles. The van der Waals surface area contributed by atoms with Crippen LogP contribution in [0.4, 0.5) is 0 Å². The molecule has 0 aliphatic carbocycles. The van der Waals surface area contributed by atoms with Crippen LogP contribution in [0.15, 0.2) is 0 Å². The van der Waals surface area contributed by atoms with E-state index >= 15 is 0 Å². The molecule has 0 spiro atoms. The highest BCUT2D eigenvalue weighted by molar-refractivity contribution is 7.80. The zero-order chi connectivity index (χ0) is 13.7. The van der Waals surface area contributed by atoms with Crippen LogP contribution in [0.2, 0.25) is 0 Å². The fraction of sp³-hybridized carbons (Fsp3) is 0.909. The van der Waals surface area contributed by atoms with E-state index in [4.69, 9.17) is 12.2 Å². The average molecular weight is 278 g/mol. The van der Waals surface area contributed by atoms with Gasteiger partial charge in [0.2, 0.25) is 0 Å². The van der Waals surface area contributed by atoms with E-state index in [1.54, 1.807) is 0 Å². The van der Waals surface area contributed by atoms with Crippen molar-refractivity contribution in [3.63, 3.8) is 0 Å². The monoisotopic (exact) mass is 278 g/mol. The Hall–Kier alpha value is -0.470. The van der Waals surface area contributed by atoms with Crippen molar-refractivity contribution in [2.75, 3.05) is 19.8 Å². The van der Waals surface area contributed by atoms with Crippen LogP contribution in [0.5, 0.6) is 0 Å². The van der Waals surface area contributed by atoms with Gasteiger partial charge in [0.15, 0.2) is 5.11 Å². The summed E-state index contributed by atoms with van der Waals surface area (Å²) in [7, 11) is 0. The van der Waals surface area contributed by atoms with Crippen LogP contribution in [0.1, 0.15) is 19.8 Å². The number of aliphatic hydroxyl groups is 4. The van der Waals surface area contributed by atoms with Crippen LogP contribution < -0.4 is 5.32 Å². The van der Waals surface area contributed by atoms with Crippen molar-refractivity contribution in [1.82, 2.24) is 10.2 Å².